The van der Waals surface area contributed by atoms with E-state index in [4.69, 9.17) is 16.3 Å². The van der Waals surface area contributed by atoms with Gasteiger partial charge in [0, 0.05) is 30.3 Å². The fraction of sp³-hybridized carbons (Fsp3) is 0.538. The lowest BCUT2D eigenvalue weighted by Crippen LogP contribution is -2.33. The zero-order chi connectivity index (χ0) is 16.0. The molecule has 0 bridgehead atoms. The molecule has 120 valence electrons. The molecule has 0 fully saturated rings. The normalized spacial score (nSPS) is 13.4. The standard InChI is InChI=1S/C13H20ClFN2O3S/c1-4-20-9(2)7-17-21(18,19)12-6-11(14)5-10(8-16-3)13(12)15/h5-6,9,16-17H,4,7-8H2,1-3H3. The molecule has 21 heavy (non-hydrogen) atoms. The van der Waals surface area contributed by atoms with Crippen molar-refractivity contribution in [2.75, 3.05) is 20.2 Å². The minimum absolute atomic E-state index is 0.0590. The Morgan fingerprint density at radius 1 is 1.43 bits per heavy atom. The molecule has 1 rings (SSSR count). The van der Waals surface area contributed by atoms with Crippen LogP contribution in [0.5, 0.6) is 0 Å². The molecule has 0 heterocycles. The van der Waals surface area contributed by atoms with E-state index in [0.717, 1.165) is 6.07 Å². The van der Waals surface area contributed by atoms with E-state index in [9.17, 15) is 12.8 Å². The lowest BCUT2D eigenvalue weighted by Gasteiger charge is -2.14. The minimum Gasteiger partial charge on any atom is -0.377 e. The molecule has 0 saturated heterocycles. The Morgan fingerprint density at radius 2 is 2.10 bits per heavy atom. The summed E-state index contributed by atoms with van der Waals surface area (Å²) in [5.41, 5.74) is 0.197. The molecular formula is C13H20ClFN2O3S. The Kier molecular flexibility index (Phi) is 7.02. The number of halogens is 2. The van der Waals surface area contributed by atoms with Crippen LogP contribution in [0.2, 0.25) is 5.02 Å². The van der Waals surface area contributed by atoms with Crippen LogP contribution in [-0.4, -0.2) is 34.7 Å². The van der Waals surface area contributed by atoms with Crippen molar-refractivity contribution in [3.8, 4) is 0 Å². The monoisotopic (exact) mass is 338 g/mol. The van der Waals surface area contributed by atoms with Gasteiger partial charge in [-0.3, -0.25) is 0 Å². The van der Waals surface area contributed by atoms with E-state index in [1.165, 1.54) is 6.07 Å². The van der Waals surface area contributed by atoms with Gasteiger partial charge in [0.1, 0.15) is 10.7 Å². The van der Waals surface area contributed by atoms with Gasteiger partial charge in [-0.2, -0.15) is 0 Å². The largest absolute Gasteiger partial charge is 0.377 e. The summed E-state index contributed by atoms with van der Waals surface area (Å²) < 4.78 is 46.2. The van der Waals surface area contributed by atoms with E-state index in [0.29, 0.717) is 6.61 Å². The topological polar surface area (TPSA) is 67.4 Å². The smallest absolute Gasteiger partial charge is 0.243 e. The zero-order valence-electron chi connectivity index (χ0n) is 12.2. The fourth-order valence-electron chi connectivity index (χ4n) is 1.78. The number of sulfonamides is 1. The van der Waals surface area contributed by atoms with Gasteiger partial charge in [-0.05, 0) is 33.0 Å². The summed E-state index contributed by atoms with van der Waals surface area (Å²) in [5.74, 6) is -0.801. The summed E-state index contributed by atoms with van der Waals surface area (Å²) in [6.07, 6.45) is -0.302. The second-order valence-corrected chi connectivity index (χ2v) is 6.70. The third-order valence-corrected chi connectivity index (χ3v) is 4.39. The third-order valence-electron chi connectivity index (χ3n) is 2.75. The molecule has 1 aromatic carbocycles. The molecule has 0 spiro atoms. The van der Waals surface area contributed by atoms with Crippen molar-refractivity contribution in [3.05, 3.63) is 28.5 Å². The Balaban J connectivity index is 3.02. The van der Waals surface area contributed by atoms with Gasteiger partial charge in [0.15, 0.2) is 0 Å². The van der Waals surface area contributed by atoms with Gasteiger partial charge in [-0.15, -0.1) is 0 Å². The van der Waals surface area contributed by atoms with Crippen LogP contribution in [-0.2, 0) is 21.3 Å². The van der Waals surface area contributed by atoms with Crippen LogP contribution in [0.25, 0.3) is 0 Å². The highest BCUT2D eigenvalue weighted by atomic mass is 35.5. The predicted molar refractivity (Wildman–Crippen MR) is 80.5 cm³/mol. The summed E-state index contributed by atoms with van der Waals surface area (Å²) in [4.78, 5) is -0.455. The molecule has 8 heteroatoms. The SMILES string of the molecule is CCOC(C)CNS(=O)(=O)c1cc(Cl)cc(CNC)c1F. The molecule has 0 aliphatic heterocycles. The van der Waals surface area contributed by atoms with E-state index >= 15 is 0 Å². The predicted octanol–water partition coefficient (Wildman–Crippen LogP) is 1.90. The van der Waals surface area contributed by atoms with Crippen LogP contribution >= 0.6 is 11.6 Å². The Hall–Kier alpha value is -0.730. The van der Waals surface area contributed by atoms with Crippen LogP contribution in [0.1, 0.15) is 19.4 Å². The second kappa shape index (κ2) is 8.05. The quantitative estimate of drug-likeness (QED) is 0.759. The molecule has 0 aliphatic rings. The second-order valence-electron chi connectivity index (χ2n) is 4.53. The molecule has 0 amide bonds. The van der Waals surface area contributed by atoms with Crippen LogP contribution in [0.15, 0.2) is 17.0 Å². The van der Waals surface area contributed by atoms with E-state index in [1.807, 2.05) is 6.92 Å². The van der Waals surface area contributed by atoms with Crippen molar-refractivity contribution < 1.29 is 17.5 Å². The summed E-state index contributed by atoms with van der Waals surface area (Å²) in [5, 5.41) is 2.93. The lowest BCUT2D eigenvalue weighted by molar-refractivity contribution is 0.0799. The molecule has 0 radical (unpaired) electrons. The van der Waals surface area contributed by atoms with Gasteiger partial charge in [0.25, 0.3) is 0 Å². The van der Waals surface area contributed by atoms with E-state index in [-0.39, 0.29) is 29.8 Å². The van der Waals surface area contributed by atoms with Gasteiger partial charge < -0.3 is 10.1 Å². The Morgan fingerprint density at radius 3 is 2.67 bits per heavy atom. The number of nitrogens with one attached hydrogen (secondary N) is 2. The van der Waals surface area contributed by atoms with Gasteiger partial charge in [-0.1, -0.05) is 11.6 Å². The fourth-order valence-corrected chi connectivity index (χ4v) is 3.35. The van der Waals surface area contributed by atoms with E-state index in [2.05, 4.69) is 10.0 Å². The third kappa shape index (κ3) is 5.19. The summed E-state index contributed by atoms with van der Waals surface area (Å²) >= 11 is 5.86. The van der Waals surface area contributed by atoms with E-state index in [1.54, 1.807) is 14.0 Å². The highest BCUT2D eigenvalue weighted by molar-refractivity contribution is 7.89. The molecule has 0 saturated carbocycles. The van der Waals surface area contributed by atoms with Gasteiger partial charge in [0.05, 0.1) is 6.10 Å². The first kappa shape index (κ1) is 18.3. The summed E-state index contributed by atoms with van der Waals surface area (Å²) in [6, 6.07) is 2.50. The van der Waals surface area contributed by atoms with E-state index < -0.39 is 20.7 Å². The van der Waals surface area contributed by atoms with Crippen molar-refractivity contribution in [2.24, 2.45) is 0 Å². The number of rotatable bonds is 8. The van der Waals surface area contributed by atoms with Crippen molar-refractivity contribution in [2.45, 2.75) is 31.4 Å². The first-order valence-electron chi connectivity index (χ1n) is 6.55. The Bertz CT molecular complexity index is 581. The number of hydrogen-bond acceptors (Lipinski definition) is 4. The molecule has 1 atom stereocenters. The lowest BCUT2D eigenvalue weighted by atomic mass is 10.2. The van der Waals surface area contributed by atoms with Gasteiger partial charge >= 0.3 is 0 Å². The Labute approximate surface area is 129 Å². The molecular weight excluding hydrogens is 319 g/mol. The van der Waals surface area contributed by atoms with Gasteiger partial charge in [-0.25, -0.2) is 17.5 Å². The van der Waals surface area contributed by atoms with Crippen LogP contribution < -0.4 is 10.0 Å². The van der Waals surface area contributed by atoms with Gasteiger partial charge in [0.2, 0.25) is 10.0 Å². The maximum atomic E-state index is 14.3. The number of hydrogen-bond donors (Lipinski definition) is 2. The average Bonchev–Trinajstić information content (AvgIpc) is 2.41. The highest BCUT2D eigenvalue weighted by Gasteiger charge is 2.22. The van der Waals surface area contributed by atoms with Crippen LogP contribution in [0.4, 0.5) is 4.39 Å². The minimum atomic E-state index is -3.98. The van der Waals surface area contributed by atoms with Crippen LogP contribution in [0, 0.1) is 5.82 Å². The van der Waals surface area contributed by atoms with Crippen molar-refractivity contribution in [3.63, 3.8) is 0 Å². The molecule has 1 unspecified atom stereocenters. The molecule has 1 aromatic rings. The summed E-state index contributed by atoms with van der Waals surface area (Å²) in [7, 11) is -2.35. The number of benzene rings is 1. The van der Waals surface area contributed by atoms with Crippen molar-refractivity contribution in [1.82, 2.24) is 10.0 Å². The number of ether oxygens (including phenoxy) is 1. The van der Waals surface area contributed by atoms with Crippen molar-refractivity contribution >= 4 is 21.6 Å². The first-order valence-corrected chi connectivity index (χ1v) is 8.41. The molecule has 0 aliphatic carbocycles. The first-order chi connectivity index (χ1) is 9.81. The maximum Gasteiger partial charge on any atom is 0.243 e. The molecule has 2 N–H and O–H groups in total. The summed E-state index contributed by atoms with van der Waals surface area (Å²) in [6.45, 7) is 4.26. The highest BCUT2D eigenvalue weighted by Crippen LogP contribution is 2.23. The van der Waals surface area contributed by atoms with Crippen LogP contribution in [0.3, 0.4) is 0 Å². The molecule has 0 aromatic heterocycles. The maximum absolute atomic E-state index is 14.3. The average molecular weight is 339 g/mol. The van der Waals surface area contributed by atoms with Crippen molar-refractivity contribution in [1.29, 1.82) is 0 Å². The molecule has 5 nitrogen and oxygen atoms in total. The zero-order valence-corrected chi connectivity index (χ0v) is 13.8.